The number of rotatable bonds is 6. The molecule has 0 radical (unpaired) electrons. The maximum absolute atomic E-state index is 12.5. The van der Waals surface area contributed by atoms with Crippen LogP contribution in [0.2, 0.25) is 0 Å². The van der Waals surface area contributed by atoms with E-state index in [1.165, 1.54) is 13.2 Å². The van der Waals surface area contributed by atoms with E-state index in [0.717, 1.165) is 29.7 Å². The van der Waals surface area contributed by atoms with Crippen molar-refractivity contribution in [3.8, 4) is 0 Å². The predicted octanol–water partition coefficient (Wildman–Crippen LogP) is 2.54. The first kappa shape index (κ1) is 16.2. The number of ether oxygens (including phenoxy) is 1. The minimum Gasteiger partial charge on any atom is -0.465 e. The van der Waals surface area contributed by atoms with Gasteiger partial charge in [-0.25, -0.2) is 17.9 Å². The van der Waals surface area contributed by atoms with E-state index in [2.05, 4.69) is 9.46 Å². The van der Waals surface area contributed by atoms with Crippen LogP contribution in [-0.4, -0.2) is 28.0 Å². The van der Waals surface area contributed by atoms with Crippen molar-refractivity contribution in [2.45, 2.75) is 23.2 Å². The molecule has 1 N–H and O–H groups in total. The van der Waals surface area contributed by atoms with E-state index in [0.29, 0.717) is 6.54 Å². The molecule has 1 aliphatic rings. The summed E-state index contributed by atoms with van der Waals surface area (Å²) in [6.07, 6.45) is 1.90. The molecule has 1 heterocycles. The van der Waals surface area contributed by atoms with Crippen LogP contribution >= 0.6 is 11.3 Å². The van der Waals surface area contributed by atoms with E-state index in [1.54, 1.807) is 5.38 Å². The maximum atomic E-state index is 12.5. The summed E-state index contributed by atoms with van der Waals surface area (Å²) < 4.78 is 32.3. The van der Waals surface area contributed by atoms with Gasteiger partial charge in [0.15, 0.2) is 0 Å². The van der Waals surface area contributed by atoms with Crippen molar-refractivity contribution >= 4 is 27.3 Å². The smallest absolute Gasteiger partial charge is 0.349 e. The molecule has 0 aliphatic heterocycles. The summed E-state index contributed by atoms with van der Waals surface area (Å²) in [6.45, 7) is 0.329. The molecular formula is C16H17NO4S2. The number of carbonyl (C=O) groups excluding carboxylic acids is 1. The highest BCUT2D eigenvalue weighted by Crippen LogP contribution is 2.47. The zero-order chi connectivity index (χ0) is 16.5. The first-order valence-electron chi connectivity index (χ1n) is 7.19. The number of hydrogen-bond acceptors (Lipinski definition) is 5. The Labute approximate surface area is 139 Å². The van der Waals surface area contributed by atoms with Gasteiger partial charge in [0, 0.05) is 12.0 Å². The molecule has 1 aliphatic carbocycles. The van der Waals surface area contributed by atoms with Crippen molar-refractivity contribution in [3.05, 3.63) is 52.2 Å². The van der Waals surface area contributed by atoms with Crippen molar-refractivity contribution in [1.29, 1.82) is 0 Å². The number of esters is 1. The van der Waals surface area contributed by atoms with Gasteiger partial charge in [-0.2, -0.15) is 0 Å². The van der Waals surface area contributed by atoms with Crippen LogP contribution in [0.1, 0.15) is 28.1 Å². The number of thiophene rings is 1. The van der Waals surface area contributed by atoms with Crippen LogP contribution in [0.4, 0.5) is 0 Å². The molecule has 7 heteroatoms. The minimum atomic E-state index is -3.74. The van der Waals surface area contributed by atoms with Crippen LogP contribution in [0.5, 0.6) is 0 Å². The minimum absolute atomic E-state index is 0.0155. The van der Waals surface area contributed by atoms with Crippen molar-refractivity contribution in [2.75, 3.05) is 13.7 Å². The van der Waals surface area contributed by atoms with E-state index >= 15 is 0 Å². The highest BCUT2D eigenvalue weighted by Gasteiger charge is 2.44. The highest BCUT2D eigenvalue weighted by molar-refractivity contribution is 7.89. The maximum Gasteiger partial charge on any atom is 0.349 e. The number of nitrogens with one attached hydrogen (secondary N) is 1. The van der Waals surface area contributed by atoms with Crippen molar-refractivity contribution < 1.29 is 17.9 Å². The average molecular weight is 351 g/mol. The average Bonchev–Trinajstić information content (AvgIpc) is 3.20. The zero-order valence-electron chi connectivity index (χ0n) is 12.6. The van der Waals surface area contributed by atoms with Gasteiger partial charge >= 0.3 is 5.97 Å². The largest absolute Gasteiger partial charge is 0.465 e. The zero-order valence-corrected chi connectivity index (χ0v) is 14.2. The van der Waals surface area contributed by atoms with Gasteiger partial charge in [0.25, 0.3) is 0 Å². The second-order valence-electron chi connectivity index (χ2n) is 5.58. The molecule has 3 rings (SSSR count). The Hall–Kier alpha value is -1.70. The monoisotopic (exact) mass is 351 g/mol. The number of sulfonamides is 1. The van der Waals surface area contributed by atoms with Gasteiger partial charge in [0.05, 0.1) is 7.11 Å². The summed E-state index contributed by atoms with van der Waals surface area (Å²) in [5.74, 6) is -0.635. The van der Waals surface area contributed by atoms with Gasteiger partial charge in [-0.15, -0.1) is 11.3 Å². The van der Waals surface area contributed by atoms with Crippen LogP contribution in [0, 0.1) is 0 Å². The molecule has 1 saturated carbocycles. The van der Waals surface area contributed by atoms with Crippen LogP contribution < -0.4 is 4.72 Å². The van der Waals surface area contributed by atoms with E-state index in [4.69, 9.17) is 0 Å². The fraction of sp³-hybridized carbons (Fsp3) is 0.312. The Kier molecular flexibility index (Phi) is 4.27. The SMILES string of the molecule is COC(=O)c1sccc1S(=O)(=O)NCC1(c2ccccc2)CC1. The molecule has 1 aromatic heterocycles. The molecule has 5 nitrogen and oxygen atoms in total. The Morgan fingerprint density at radius 3 is 2.57 bits per heavy atom. The Morgan fingerprint density at radius 1 is 1.26 bits per heavy atom. The van der Waals surface area contributed by atoms with Crippen LogP contribution in [-0.2, 0) is 20.2 Å². The highest BCUT2D eigenvalue weighted by atomic mass is 32.2. The molecule has 122 valence electrons. The lowest BCUT2D eigenvalue weighted by molar-refractivity contribution is 0.0602. The molecule has 0 amide bonds. The summed E-state index contributed by atoms with van der Waals surface area (Å²) in [6, 6.07) is 11.3. The Balaban J connectivity index is 1.78. The fourth-order valence-corrected chi connectivity index (χ4v) is 5.03. The number of hydrogen-bond donors (Lipinski definition) is 1. The van der Waals surface area contributed by atoms with Gasteiger partial charge in [-0.1, -0.05) is 30.3 Å². The Morgan fingerprint density at radius 2 is 1.96 bits per heavy atom. The molecule has 0 saturated heterocycles. The van der Waals surface area contributed by atoms with E-state index in [9.17, 15) is 13.2 Å². The second kappa shape index (κ2) is 6.07. The predicted molar refractivity (Wildman–Crippen MR) is 88.2 cm³/mol. The normalized spacial score (nSPS) is 16.0. The van der Waals surface area contributed by atoms with Crippen LogP contribution in [0.25, 0.3) is 0 Å². The topological polar surface area (TPSA) is 72.5 Å². The van der Waals surface area contributed by atoms with Crippen molar-refractivity contribution in [1.82, 2.24) is 4.72 Å². The molecule has 1 fully saturated rings. The second-order valence-corrected chi connectivity index (χ2v) is 8.23. The molecular weight excluding hydrogens is 334 g/mol. The summed E-state index contributed by atoms with van der Waals surface area (Å²) >= 11 is 1.06. The molecule has 0 bridgehead atoms. The van der Waals surface area contributed by atoms with E-state index < -0.39 is 16.0 Å². The summed E-state index contributed by atoms with van der Waals surface area (Å²) in [7, 11) is -2.51. The van der Waals surface area contributed by atoms with E-state index in [-0.39, 0.29) is 15.2 Å². The Bertz CT molecular complexity index is 808. The summed E-state index contributed by atoms with van der Waals surface area (Å²) in [4.78, 5) is 11.8. The number of methoxy groups -OCH3 is 1. The third-order valence-corrected chi connectivity index (χ3v) is 6.60. The third kappa shape index (κ3) is 3.17. The first-order valence-corrected chi connectivity index (χ1v) is 9.56. The number of carbonyl (C=O) groups is 1. The van der Waals surface area contributed by atoms with Crippen LogP contribution in [0.15, 0.2) is 46.7 Å². The molecule has 23 heavy (non-hydrogen) atoms. The van der Waals surface area contributed by atoms with Gasteiger partial charge in [-0.05, 0) is 29.9 Å². The van der Waals surface area contributed by atoms with Gasteiger partial charge in [0.1, 0.15) is 9.77 Å². The molecule has 0 unspecified atom stereocenters. The van der Waals surface area contributed by atoms with Gasteiger partial charge in [0.2, 0.25) is 10.0 Å². The molecule has 0 atom stereocenters. The lowest BCUT2D eigenvalue weighted by Crippen LogP contribution is -2.32. The summed E-state index contributed by atoms with van der Waals surface area (Å²) in [5.41, 5.74) is 1.01. The quantitative estimate of drug-likeness (QED) is 0.812. The first-order chi connectivity index (χ1) is 11.0. The van der Waals surface area contributed by atoms with Gasteiger partial charge in [-0.3, -0.25) is 0 Å². The molecule has 2 aromatic rings. The van der Waals surface area contributed by atoms with E-state index in [1.807, 2.05) is 30.3 Å². The van der Waals surface area contributed by atoms with Crippen molar-refractivity contribution in [2.24, 2.45) is 0 Å². The number of benzene rings is 1. The van der Waals surface area contributed by atoms with Crippen molar-refractivity contribution in [3.63, 3.8) is 0 Å². The lowest BCUT2D eigenvalue weighted by atomic mass is 9.96. The molecule has 1 aromatic carbocycles. The standard InChI is InChI=1S/C16H17NO4S2/c1-21-15(18)14-13(7-10-22-14)23(19,20)17-11-16(8-9-16)12-5-3-2-4-6-12/h2-7,10,17H,8-9,11H2,1H3. The lowest BCUT2D eigenvalue weighted by Gasteiger charge is -2.16. The fourth-order valence-electron chi connectivity index (χ4n) is 2.57. The van der Waals surface area contributed by atoms with Crippen LogP contribution in [0.3, 0.4) is 0 Å². The summed E-state index contributed by atoms with van der Waals surface area (Å²) in [5, 5.41) is 1.57. The third-order valence-electron chi connectivity index (χ3n) is 4.13. The molecule has 0 spiro atoms. The van der Waals surface area contributed by atoms with Gasteiger partial charge < -0.3 is 4.74 Å².